The standard InChI is InChI=1S/C22H17F2N7O/c1-11-5-3-8-15-16(11)22(32)31(18-13(23)6-4-7-14(18)24)21(30-15)12(2)29-20-17-19(26-9-25-17)27-10-28-20/h3-10,12H,1-2H3,(H2,25,26,27,28,29)/t12-/m0/s1. The third-order valence-corrected chi connectivity index (χ3v) is 5.26. The Balaban J connectivity index is 1.76. The van der Waals surface area contributed by atoms with Gasteiger partial charge < -0.3 is 10.3 Å². The van der Waals surface area contributed by atoms with E-state index in [2.05, 4.69) is 30.2 Å². The van der Waals surface area contributed by atoms with Crippen LogP contribution < -0.4 is 10.9 Å². The van der Waals surface area contributed by atoms with Crippen molar-refractivity contribution in [3.05, 3.63) is 82.4 Å². The Bertz CT molecular complexity index is 1520. The zero-order chi connectivity index (χ0) is 22.4. The van der Waals surface area contributed by atoms with Crippen LogP contribution in [0, 0.1) is 18.6 Å². The van der Waals surface area contributed by atoms with Gasteiger partial charge in [0, 0.05) is 0 Å². The van der Waals surface area contributed by atoms with Gasteiger partial charge in [-0.2, -0.15) is 0 Å². The fraction of sp³-hybridized carbons (Fsp3) is 0.136. The molecule has 0 saturated heterocycles. The summed E-state index contributed by atoms with van der Waals surface area (Å²) in [7, 11) is 0. The highest BCUT2D eigenvalue weighted by Crippen LogP contribution is 2.26. The lowest BCUT2D eigenvalue weighted by Gasteiger charge is -2.21. The van der Waals surface area contributed by atoms with Crippen LogP contribution >= 0.6 is 0 Å². The Morgan fingerprint density at radius 1 is 1.06 bits per heavy atom. The first-order valence-corrected chi connectivity index (χ1v) is 9.83. The van der Waals surface area contributed by atoms with Crippen molar-refractivity contribution >= 4 is 27.9 Å². The summed E-state index contributed by atoms with van der Waals surface area (Å²) in [6.07, 6.45) is 2.83. The highest BCUT2D eigenvalue weighted by Gasteiger charge is 2.24. The fourth-order valence-electron chi connectivity index (χ4n) is 3.77. The Labute approximate surface area is 180 Å². The molecule has 0 saturated carbocycles. The SMILES string of the molecule is Cc1cccc2nc([C@H](C)Nc3ncnc4nc[nH]c34)n(-c3c(F)cccc3F)c(=O)c12. The Kier molecular flexibility index (Phi) is 4.62. The maximum Gasteiger partial charge on any atom is 0.266 e. The van der Waals surface area contributed by atoms with Crippen molar-refractivity contribution in [2.24, 2.45) is 0 Å². The van der Waals surface area contributed by atoms with Crippen molar-refractivity contribution in [3.8, 4) is 5.69 Å². The molecule has 0 aliphatic carbocycles. The number of nitrogens with one attached hydrogen (secondary N) is 2. The topological polar surface area (TPSA) is 101 Å². The molecule has 0 amide bonds. The van der Waals surface area contributed by atoms with Crippen LogP contribution in [0.2, 0.25) is 0 Å². The van der Waals surface area contributed by atoms with E-state index in [0.29, 0.717) is 33.4 Å². The average molecular weight is 433 g/mol. The van der Waals surface area contributed by atoms with Crippen molar-refractivity contribution in [2.75, 3.05) is 5.32 Å². The number of para-hydroxylation sites is 1. The number of fused-ring (bicyclic) bond motifs is 2. The Hall–Kier alpha value is -4.21. The maximum absolute atomic E-state index is 14.8. The molecule has 160 valence electrons. The first-order chi connectivity index (χ1) is 15.5. The molecular weight excluding hydrogens is 416 g/mol. The molecule has 0 bridgehead atoms. The minimum Gasteiger partial charge on any atom is -0.358 e. The van der Waals surface area contributed by atoms with Gasteiger partial charge in [0.1, 0.15) is 35.0 Å². The summed E-state index contributed by atoms with van der Waals surface area (Å²) in [6, 6.07) is 8.02. The lowest BCUT2D eigenvalue weighted by atomic mass is 10.1. The molecular formula is C22H17F2N7O. The van der Waals surface area contributed by atoms with Crippen LogP contribution in [-0.4, -0.2) is 29.5 Å². The van der Waals surface area contributed by atoms with Gasteiger partial charge in [-0.25, -0.2) is 28.7 Å². The molecule has 32 heavy (non-hydrogen) atoms. The van der Waals surface area contributed by atoms with Crippen LogP contribution in [0.5, 0.6) is 0 Å². The summed E-state index contributed by atoms with van der Waals surface area (Å²) in [5, 5.41) is 3.45. The van der Waals surface area contributed by atoms with Crippen molar-refractivity contribution < 1.29 is 8.78 Å². The van der Waals surface area contributed by atoms with E-state index in [1.807, 2.05) is 0 Å². The fourth-order valence-corrected chi connectivity index (χ4v) is 3.77. The minimum absolute atomic E-state index is 0.128. The molecule has 1 atom stereocenters. The summed E-state index contributed by atoms with van der Waals surface area (Å²) in [5.41, 5.74) is 1.06. The van der Waals surface area contributed by atoms with Crippen LogP contribution in [0.25, 0.3) is 27.8 Å². The minimum atomic E-state index is -0.867. The molecule has 0 radical (unpaired) electrons. The highest BCUT2D eigenvalue weighted by atomic mass is 19.1. The maximum atomic E-state index is 14.8. The lowest BCUT2D eigenvalue weighted by Crippen LogP contribution is -2.29. The van der Waals surface area contributed by atoms with Gasteiger partial charge in [0.15, 0.2) is 11.5 Å². The number of nitrogens with zero attached hydrogens (tertiary/aromatic N) is 5. The van der Waals surface area contributed by atoms with E-state index in [1.165, 1.54) is 18.7 Å². The number of aryl methyl sites for hydroxylation is 1. The van der Waals surface area contributed by atoms with Gasteiger partial charge in [-0.05, 0) is 37.6 Å². The van der Waals surface area contributed by atoms with Gasteiger partial charge in [-0.1, -0.05) is 18.2 Å². The van der Waals surface area contributed by atoms with Crippen molar-refractivity contribution in [1.82, 2.24) is 29.5 Å². The zero-order valence-corrected chi connectivity index (χ0v) is 17.1. The van der Waals surface area contributed by atoms with Gasteiger partial charge in [-0.15, -0.1) is 0 Å². The molecule has 0 aliphatic rings. The van der Waals surface area contributed by atoms with Gasteiger partial charge in [-0.3, -0.25) is 9.36 Å². The highest BCUT2D eigenvalue weighted by molar-refractivity contribution is 5.83. The van der Waals surface area contributed by atoms with Crippen molar-refractivity contribution in [3.63, 3.8) is 0 Å². The molecule has 3 heterocycles. The third kappa shape index (κ3) is 3.08. The van der Waals surface area contributed by atoms with E-state index in [1.54, 1.807) is 32.0 Å². The van der Waals surface area contributed by atoms with E-state index in [0.717, 1.165) is 16.7 Å². The van der Waals surface area contributed by atoms with Crippen LogP contribution in [0.15, 0.2) is 53.8 Å². The predicted octanol–water partition coefficient (Wildman–Crippen LogP) is 3.81. The summed E-state index contributed by atoms with van der Waals surface area (Å²) < 4.78 is 30.5. The van der Waals surface area contributed by atoms with E-state index in [-0.39, 0.29) is 5.82 Å². The normalized spacial score (nSPS) is 12.4. The summed E-state index contributed by atoms with van der Waals surface area (Å²) in [5.74, 6) is -1.19. The number of hydrogen-bond acceptors (Lipinski definition) is 6. The summed E-state index contributed by atoms with van der Waals surface area (Å²) in [4.78, 5) is 33.5. The van der Waals surface area contributed by atoms with E-state index in [4.69, 9.17) is 0 Å². The Morgan fingerprint density at radius 2 is 1.81 bits per heavy atom. The average Bonchev–Trinajstić information content (AvgIpc) is 3.24. The molecule has 2 N–H and O–H groups in total. The molecule has 5 rings (SSSR count). The molecule has 0 aliphatic heterocycles. The summed E-state index contributed by atoms with van der Waals surface area (Å²) >= 11 is 0. The first-order valence-electron chi connectivity index (χ1n) is 9.83. The first kappa shape index (κ1) is 19.7. The van der Waals surface area contributed by atoms with Gasteiger partial charge in [0.2, 0.25) is 0 Å². The molecule has 0 fully saturated rings. The number of benzene rings is 2. The second kappa shape index (κ2) is 7.49. The predicted molar refractivity (Wildman–Crippen MR) is 116 cm³/mol. The molecule has 8 nitrogen and oxygen atoms in total. The quantitative estimate of drug-likeness (QED) is 0.447. The van der Waals surface area contributed by atoms with Crippen LogP contribution in [-0.2, 0) is 0 Å². The van der Waals surface area contributed by atoms with Gasteiger partial charge in [0.05, 0.1) is 23.3 Å². The Morgan fingerprint density at radius 3 is 2.59 bits per heavy atom. The number of H-pyrrole nitrogens is 1. The molecule has 5 aromatic rings. The number of aromatic amines is 1. The number of halogens is 2. The number of anilines is 1. The number of imidazole rings is 1. The van der Waals surface area contributed by atoms with Gasteiger partial charge in [0.25, 0.3) is 5.56 Å². The van der Waals surface area contributed by atoms with Crippen LogP contribution in [0.1, 0.15) is 24.4 Å². The molecule has 10 heteroatoms. The number of hydrogen-bond donors (Lipinski definition) is 2. The molecule has 0 spiro atoms. The van der Waals surface area contributed by atoms with Crippen molar-refractivity contribution in [2.45, 2.75) is 19.9 Å². The number of aromatic nitrogens is 6. The van der Waals surface area contributed by atoms with E-state index in [9.17, 15) is 13.6 Å². The van der Waals surface area contributed by atoms with Crippen LogP contribution in [0.4, 0.5) is 14.6 Å². The zero-order valence-electron chi connectivity index (χ0n) is 17.1. The van der Waals surface area contributed by atoms with Crippen LogP contribution in [0.3, 0.4) is 0 Å². The monoisotopic (exact) mass is 433 g/mol. The second-order valence-corrected chi connectivity index (χ2v) is 7.34. The lowest BCUT2D eigenvalue weighted by molar-refractivity contribution is 0.558. The third-order valence-electron chi connectivity index (χ3n) is 5.26. The van der Waals surface area contributed by atoms with E-state index >= 15 is 0 Å². The largest absolute Gasteiger partial charge is 0.358 e. The van der Waals surface area contributed by atoms with Gasteiger partial charge >= 0.3 is 0 Å². The molecule has 2 aromatic carbocycles. The number of rotatable bonds is 4. The van der Waals surface area contributed by atoms with E-state index < -0.39 is 28.9 Å². The molecule has 3 aromatic heterocycles. The summed E-state index contributed by atoms with van der Waals surface area (Å²) in [6.45, 7) is 3.48. The second-order valence-electron chi connectivity index (χ2n) is 7.34. The van der Waals surface area contributed by atoms with Crippen molar-refractivity contribution in [1.29, 1.82) is 0 Å². The molecule has 0 unspecified atom stereocenters. The smallest absolute Gasteiger partial charge is 0.266 e.